The summed E-state index contributed by atoms with van der Waals surface area (Å²) in [6, 6.07) is 5.64. The zero-order valence-corrected chi connectivity index (χ0v) is 17.3. The Hall–Kier alpha value is -2.50. The second-order valence-corrected chi connectivity index (χ2v) is 7.00. The van der Waals surface area contributed by atoms with Crippen LogP contribution in [0.1, 0.15) is 51.5 Å². The van der Waals surface area contributed by atoms with Gasteiger partial charge in [-0.1, -0.05) is 25.3 Å². The van der Waals surface area contributed by atoms with E-state index in [-0.39, 0.29) is 11.9 Å². The number of esters is 1. The fraction of sp³-hybridized carbons (Fsp3) is 0.545. The lowest BCUT2D eigenvalue weighted by molar-refractivity contribution is -0.156. The summed E-state index contributed by atoms with van der Waals surface area (Å²) in [7, 11) is 3.36. The fourth-order valence-electron chi connectivity index (χ4n) is 3.43. The van der Waals surface area contributed by atoms with E-state index < -0.39 is 12.1 Å². The molecule has 1 atom stereocenters. The van der Waals surface area contributed by atoms with E-state index in [0.29, 0.717) is 18.1 Å². The Morgan fingerprint density at radius 3 is 2.57 bits per heavy atom. The predicted molar refractivity (Wildman–Crippen MR) is 108 cm³/mol. The van der Waals surface area contributed by atoms with Gasteiger partial charge in [0.2, 0.25) is 0 Å². The van der Waals surface area contributed by atoms with Crippen LogP contribution in [0.5, 0.6) is 11.5 Å². The van der Waals surface area contributed by atoms with Crippen molar-refractivity contribution in [2.45, 2.75) is 58.1 Å². The van der Waals surface area contributed by atoms with Crippen LogP contribution in [-0.2, 0) is 14.3 Å². The number of carbonyl (C=O) groups is 2. The van der Waals surface area contributed by atoms with Crippen molar-refractivity contribution >= 4 is 18.0 Å². The molecule has 1 aromatic rings. The van der Waals surface area contributed by atoms with Crippen LogP contribution in [0.15, 0.2) is 24.3 Å². The number of hydrogen-bond donors (Lipinski definition) is 0. The van der Waals surface area contributed by atoms with Gasteiger partial charge >= 0.3 is 5.97 Å². The first kappa shape index (κ1) is 21.8. The molecule has 0 aliphatic heterocycles. The summed E-state index contributed by atoms with van der Waals surface area (Å²) < 4.78 is 16.1. The molecule has 28 heavy (non-hydrogen) atoms. The third kappa shape index (κ3) is 6.01. The van der Waals surface area contributed by atoms with Crippen molar-refractivity contribution in [3.63, 3.8) is 0 Å². The average Bonchev–Trinajstić information content (AvgIpc) is 2.72. The van der Waals surface area contributed by atoms with Crippen molar-refractivity contribution in [3.05, 3.63) is 29.8 Å². The van der Waals surface area contributed by atoms with Crippen LogP contribution in [0, 0.1) is 0 Å². The van der Waals surface area contributed by atoms with Crippen LogP contribution in [0.2, 0.25) is 0 Å². The first-order valence-corrected chi connectivity index (χ1v) is 9.92. The van der Waals surface area contributed by atoms with E-state index in [4.69, 9.17) is 14.2 Å². The molecule has 1 amide bonds. The number of benzene rings is 1. The molecule has 1 aliphatic carbocycles. The lowest BCUT2D eigenvalue weighted by atomic mass is 9.94. The Balaban J connectivity index is 1.92. The fourth-order valence-corrected chi connectivity index (χ4v) is 3.43. The molecule has 1 saturated carbocycles. The van der Waals surface area contributed by atoms with E-state index in [1.807, 2.05) is 13.0 Å². The van der Waals surface area contributed by atoms with Crippen LogP contribution in [-0.4, -0.2) is 49.7 Å². The first-order valence-electron chi connectivity index (χ1n) is 9.92. The molecule has 0 aromatic heterocycles. The summed E-state index contributed by atoms with van der Waals surface area (Å²) in [5.74, 6) is 0.534. The number of ether oxygens (including phenoxy) is 3. The molecule has 2 rings (SSSR count). The molecular formula is C22H31NO5. The zero-order chi connectivity index (χ0) is 20.5. The van der Waals surface area contributed by atoms with Gasteiger partial charge in [0.15, 0.2) is 17.6 Å². The van der Waals surface area contributed by atoms with Crippen LogP contribution in [0.4, 0.5) is 0 Å². The normalized spacial score (nSPS) is 15.9. The van der Waals surface area contributed by atoms with Gasteiger partial charge in [0.1, 0.15) is 0 Å². The van der Waals surface area contributed by atoms with E-state index in [2.05, 4.69) is 0 Å². The molecule has 0 bridgehead atoms. The monoisotopic (exact) mass is 389 g/mol. The van der Waals surface area contributed by atoms with Crippen LogP contribution < -0.4 is 9.47 Å². The molecule has 1 aliphatic rings. The van der Waals surface area contributed by atoms with Crippen molar-refractivity contribution in [1.29, 1.82) is 0 Å². The van der Waals surface area contributed by atoms with Gasteiger partial charge in [-0.15, -0.1) is 0 Å². The van der Waals surface area contributed by atoms with Gasteiger partial charge in [0.05, 0.1) is 13.7 Å². The molecule has 6 heteroatoms. The summed E-state index contributed by atoms with van der Waals surface area (Å²) in [6.07, 6.45) is 7.69. The summed E-state index contributed by atoms with van der Waals surface area (Å²) in [4.78, 5) is 26.4. The molecule has 1 fully saturated rings. The number of rotatable bonds is 8. The Morgan fingerprint density at radius 2 is 1.93 bits per heavy atom. The first-order chi connectivity index (χ1) is 13.5. The van der Waals surface area contributed by atoms with Gasteiger partial charge in [-0.05, 0) is 50.5 Å². The van der Waals surface area contributed by atoms with E-state index in [1.165, 1.54) is 12.5 Å². The SMILES string of the molecule is CCOc1ccc(/C=C/C(=O)O[C@@H](C)C(=O)N(C)C2CCCCC2)cc1OC. The van der Waals surface area contributed by atoms with Gasteiger partial charge in [-0.25, -0.2) is 4.79 Å². The zero-order valence-electron chi connectivity index (χ0n) is 17.3. The lowest BCUT2D eigenvalue weighted by Gasteiger charge is -2.32. The second-order valence-electron chi connectivity index (χ2n) is 7.00. The molecule has 0 unspecified atom stereocenters. The summed E-state index contributed by atoms with van der Waals surface area (Å²) in [6.45, 7) is 4.06. The molecule has 0 saturated heterocycles. The average molecular weight is 389 g/mol. The third-order valence-electron chi connectivity index (χ3n) is 5.01. The molecule has 154 valence electrons. The van der Waals surface area contributed by atoms with Gasteiger partial charge in [0.25, 0.3) is 5.91 Å². The highest BCUT2D eigenvalue weighted by Crippen LogP contribution is 2.28. The Bertz CT molecular complexity index is 694. The van der Waals surface area contributed by atoms with Crippen molar-refractivity contribution in [2.24, 2.45) is 0 Å². The number of hydrogen-bond acceptors (Lipinski definition) is 5. The molecule has 0 spiro atoms. The molecule has 0 radical (unpaired) electrons. The number of carbonyl (C=O) groups excluding carboxylic acids is 2. The minimum atomic E-state index is -0.807. The topological polar surface area (TPSA) is 65.1 Å². The highest BCUT2D eigenvalue weighted by molar-refractivity contribution is 5.90. The van der Waals surface area contributed by atoms with Crippen molar-refractivity contribution < 1.29 is 23.8 Å². The van der Waals surface area contributed by atoms with E-state index >= 15 is 0 Å². The summed E-state index contributed by atoms with van der Waals surface area (Å²) >= 11 is 0. The molecule has 0 heterocycles. The van der Waals surface area contributed by atoms with Crippen molar-refractivity contribution in [2.75, 3.05) is 20.8 Å². The molecular weight excluding hydrogens is 358 g/mol. The molecule has 0 N–H and O–H groups in total. The summed E-state index contributed by atoms with van der Waals surface area (Å²) in [5.41, 5.74) is 0.774. The lowest BCUT2D eigenvalue weighted by Crippen LogP contribution is -2.44. The number of likely N-dealkylation sites (N-methyl/N-ethyl adjacent to an activating group) is 1. The minimum Gasteiger partial charge on any atom is -0.493 e. The summed E-state index contributed by atoms with van der Waals surface area (Å²) in [5, 5.41) is 0. The molecule has 6 nitrogen and oxygen atoms in total. The van der Waals surface area contributed by atoms with Crippen LogP contribution in [0.25, 0.3) is 6.08 Å². The molecule has 1 aromatic carbocycles. The van der Waals surface area contributed by atoms with Crippen LogP contribution >= 0.6 is 0 Å². The maximum Gasteiger partial charge on any atom is 0.331 e. The number of methoxy groups -OCH3 is 1. The smallest absolute Gasteiger partial charge is 0.331 e. The minimum absolute atomic E-state index is 0.156. The van der Waals surface area contributed by atoms with Gasteiger partial charge in [-0.2, -0.15) is 0 Å². The highest BCUT2D eigenvalue weighted by atomic mass is 16.5. The standard InChI is InChI=1S/C22H31NO5/c1-5-27-19-13-11-17(15-20(19)26-4)12-14-21(24)28-16(2)22(25)23(3)18-9-7-6-8-10-18/h11-16,18H,5-10H2,1-4H3/b14-12+/t16-/m0/s1. The Kier molecular flexibility index (Phi) is 8.36. The third-order valence-corrected chi connectivity index (χ3v) is 5.01. The largest absolute Gasteiger partial charge is 0.493 e. The second kappa shape index (κ2) is 10.7. The van der Waals surface area contributed by atoms with E-state index in [9.17, 15) is 9.59 Å². The number of nitrogens with zero attached hydrogens (tertiary/aromatic N) is 1. The quantitative estimate of drug-likeness (QED) is 0.499. The van der Waals surface area contributed by atoms with Crippen molar-refractivity contribution in [1.82, 2.24) is 4.90 Å². The maximum absolute atomic E-state index is 12.5. The maximum atomic E-state index is 12.5. The van der Waals surface area contributed by atoms with Crippen molar-refractivity contribution in [3.8, 4) is 11.5 Å². The van der Waals surface area contributed by atoms with Gasteiger partial charge < -0.3 is 19.1 Å². The highest BCUT2D eigenvalue weighted by Gasteiger charge is 2.27. The van der Waals surface area contributed by atoms with E-state index in [0.717, 1.165) is 31.2 Å². The number of amides is 1. The Labute approximate surface area is 167 Å². The van der Waals surface area contributed by atoms with Gasteiger partial charge in [0, 0.05) is 19.2 Å². The van der Waals surface area contributed by atoms with Gasteiger partial charge in [-0.3, -0.25) is 4.79 Å². The predicted octanol–water partition coefficient (Wildman–Crippen LogP) is 3.83. The van der Waals surface area contributed by atoms with Crippen LogP contribution in [0.3, 0.4) is 0 Å². The van der Waals surface area contributed by atoms with E-state index in [1.54, 1.807) is 44.2 Å². The Morgan fingerprint density at radius 1 is 1.21 bits per heavy atom.